The normalized spacial score (nSPS) is 13.6. The van der Waals surface area contributed by atoms with Crippen LogP contribution >= 0.6 is 0 Å². The van der Waals surface area contributed by atoms with Crippen molar-refractivity contribution in [2.75, 3.05) is 24.0 Å². The number of aromatic nitrogens is 4. The highest BCUT2D eigenvalue weighted by molar-refractivity contribution is 5.54. The van der Waals surface area contributed by atoms with E-state index in [1.807, 2.05) is 10.6 Å². The predicted molar refractivity (Wildman–Crippen MR) is 83.5 cm³/mol. The van der Waals surface area contributed by atoms with Gasteiger partial charge in [-0.25, -0.2) is 31.3 Å². The molecule has 7 nitrogen and oxygen atoms in total. The minimum Gasteiger partial charge on any atom is -0.493 e. The van der Waals surface area contributed by atoms with Gasteiger partial charge in [0.1, 0.15) is 31.1 Å². The van der Waals surface area contributed by atoms with E-state index in [2.05, 4.69) is 19.9 Å². The van der Waals surface area contributed by atoms with E-state index in [9.17, 15) is 31.4 Å². The van der Waals surface area contributed by atoms with Crippen LogP contribution in [0.15, 0.2) is 18.2 Å². The van der Waals surface area contributed by atoms with Crippen molar-refractivity contribution in [2.24, 2.45) is 0 Å². The van der Waals surface area contributed by atoms with Gasteiger partial charge in [0, 0.05) is 6.07 Å². The van der Waals surface area contributed by atoms with E-state index in [0.717, 1.165) is 0 Å². The molecule has 0 aromatic carbocycles. The second-order valence-corrected chi connectivity index (χ2v) is 5.17. The molecule has 2 atom stereocenters. The Morgan fingerprint density at radius 2 is 1.33 bits per heavy atom. The van der Waals surface area contributed by atoms with Gasteiger partial charge in [-0.3, -0.25) is 0 Å². The summed E-state index contributed by atoms with van der Waals surface area (Å²) in [7, 11) is 0. The summed E-state index contributed by atoms with van der Waals surface area (Å²) in [5.74, 6) is -1.85. The molecule has 27 heavy (non-hydrogen) atoms. The first-order valence-corrected chi connectivity index (χ1v) is 7.47. The fourth-order valence-electron chi connectivity index (χ4n) is 1.84. The SMILES string of the molecule is Oc1cccc(-c2nc(NC(CF)C(F)F)nc(NC(CF)C(F)F)n2)n1. The Bertz CT molecular complexity index is 716. The number of hydrogen-bond donors (Lipinski definition) is 3. The van der Waals surface area contributed by atoms with Crippen molar-refractivity contribution in [3.05, 3.63) is 18.2 Å². The van der Waals surface area contributed by atoms with Crippen molar-refractivity contribution >= 4 is 11.9 Å². The van der Waals surface area contributed by atoms with Crippen molar-refractivity contribution in [2.45, 2.75) is 24.9 Å². The number of alkyl halides is 6. The van der Waals surface area contributed by atoms with Gasteiger partial charge in [0.25, 0.3) is 12.9 Å². The Morgan fingerprint density at radius 1 is 0.815 bits per heavy atom. The van der Waals surface area contributed by atoms with E-state index >= 15 is 0 Å². The zero-order valence-electron chi connectivity index (χ0n) is 13.5. The number of rotatable bonds is 9. The molecule has 2 aromatic heterocycles. The lowest BCUT2D eigenvalue weighted by Crippen LogP contribution is -2.33. The second kappa shape index (κ2) is 9.19. The predicted octanol–water partition coefficient (Wildman–Crippen LogP) is 2.67. The van der Waals surface area contributed by atoms with Gasteiger partial charge in [-0.05, 0) is 6.07 Å². The Morgan fingerprint density at radius 3 is 1.74 bits per heavy atom. The van der Waals surface area contributed by atoms with Crippen LogP contribution in [0.5, 0.6) is 5.88 Å². The summed E-state index contributed by atoms with van der Waals surface area (Å²) in [5.41, 5.74) is -0.0498. The summed E-state index contributed by atoms with van der Waals surface area (Å²) in [6.07, 6.45) is -6.21. The summed E-state index contributed by atoms with van der Waals surface area (Å²) in [5, 5.41) is 13.4. The van der Waals surface area contributed by atoms with Crippen LogP contribution < -0.4 is 10.6 Å². The number of pyridine rings is 1. The molecule has 0 radical (unpaired) electrons. The van der Waals surface area contributed by atoms with E-state index in [0.29, 0.717) is 0 Å². The smallest absolute Gasteiger partial charge is 0.261 e. The van der Waals surface area contributed by atoms with Gasteiger partial charge in [0.2, 0.25) is 17.8 Å². The molecule has 13 heteroatoms. The summed E-state index contributed by atoms with van der Waals surface area (Å²) < 4.78 is 76.4. The molecule has 0 spiro atoms. The standard InChI is InChI=1S/C14H14F6N6O/c15-4-7(10(17)18)22-13-24-12(6-2-1-3-9(27)21-6)25-14(26-13)23-8(5-16)11(19)20/h1-3,7-8,10-11H,4-5H2,(H,21,27)(H2,22,23,24,25,26). The van der Waals surface area contributed by atoms with Gasteiger partial charge < -0.3 is 15.7 Å². The van der Waals surface area contributed by atoms with E-state index in [1.54, 1.807) is 0 Å². The van der Waals surface area contributed by atoms with Crippen LogP contribution in [0, 0.1) is 0 Å². The summed E-state index contributed by atoms with van der Waals surface area (Å²) in [4.78, 5) is 14.8. The largest absolute Gasteiger partial charge is 0.493 e. The Hall–Kier alpha value is -2.86. The van der Waals surface area contributed by atoms with Crippen molar-refractivity contribution in [3.8, 4) is 17.4 Å². The second-order valence-electron chi connectivity index (χ2n) is 5.17. The number of halogens is 6. The molecule has 2 heterocycles. The number of nitrogens with zero attached hydrogens (tertiary/aromatic N) is 4. The lowest BCUT2D eigenvalue weighted by Gasteiger charge is -2.17. The minimum absolute atomic E-state index is 0.0498. The van der Waals surface area contributed by atoms with Crippen LogP contribution in [0.25, 0.3) is 11.5 Å². The first-order chi connectivity index (χ1) is 12.8. The molecule has 2 rings (SSSR count). The van der Waals surface area contributed by atoms with Gasteiger partial charge in [-0.15, -0.1) is 0 Å². The Balaban J connectivity index is 2.43. The van der Waals surface area contributed by atoms with Gasteiger partial charge in [0.15, 0.2) is 5.82 Å². The lowest BCUT2D eigenvalue weighted by molar-refractivity contribution is 0.112. The maximum Gasteiger partial charge on any atom is 0.261 e. The summed E-state index contributed by atoms with van der Waals surface area (Å²) in [6.45, 7) is -2.92. The fraction of sp³-hybridized carbons (Fsp3) is 0.429. The maximum atomic E-state index is 12.7. The molecule has 0 aliphatic rings. The molecule has 0 aliphatic heterocycles. The number of aromatic hydroxyl groups is 1. The van der Waals surface area contributed by atoms with Crippen molar-refractivity contribution < 1.29 is 31.4 Å². The average Bonchev–Trinajstić information content (AvgIpc) is 2.63. The van der Waals surface area contributed by atoms with Crippen molar-refractivity contribution in [3.63, 3.8) is 0 Å². The zero-order valence-corrected chi connectivity index (χ0v) is 13.5. The molecule has 148 valence electrons. The van der Waals surface area contributed by atoms with E-state index in [-0.39, 0.29) is 11.5 Å². The first kappa shape index (κ1) is 20.5. The van der Waals surface area contributed by atoms with Crippen molar-refractivity contribution in [1.29, 1.82) is 0 Å². The van der Waals surface area contributed by atoms with E-state index in [4.69, 9.17) is 0 Å². The highest BCUT2D eigenvalue weighted by Crippen LogP contribution is 2.20. The summed E-state index contributed by atoms with van der Waals surface area (Å²) in [6, 6.07) is 0.0145. The van der Waals surface area contributed by atoms with Crippen LogP contribution in [-0.4, -0.2) is 63.3 Å². The highest BCUT2D eigenvalue weighted by Gasteiger charge is 2.24. The zero-order chi connectivity index (χ0) is 20.0. The molecule has 2 aromatic rings. The quantitative estimate of drug-likeness (QED) is 0.561. The van der Waals surface area contributed by atoms with Crippen LogP contribution in [0.1, 0.15) is 0 Å². The molecule has 0 saturated heterocycles. The van der Waals surface area contributed by atoms with Crippen LogP contribution in [0.3, 0.4) is 0 Å². The molecule has 0 saturated carbocycles. The van der Waals surface area contributed by atoms with E-state index in [1.165, 1.54) is 18.2 Å². The molecular formula is C14H14F6N6O. The summed E-state index contributed by atoms with van der Waals surface area (Å²) >= 11 is 0. The number of nitrogens with one attached hydrogen (secondary N) is 2. The van der Waals surface area contributed by atoms with Gasteiger partial charge in [0.05, 0.1) is 0 Å². The molecule has 0 bridgehead atoms. The van der Waals surface area contributed by atoms with Gasteiger partial charge in [-0.1, -0.05) is 6.07 Å². The lowest BCUT2D eigenvalue weighted by atomic mass is 10.3. The third kappa shape index (κ3) is 5.56. The van der Waals surface area contributed by atoms with Gasteiger partial charge in [-0.2, -0.15) is 15.0 Å². The average molecular weight is 396 g/mol. The van der Waals surface area contributed by atoms with E-state index < -0.39 is 56.1 Å². The molecule has 0 amide bonds. The van der Waals surface area contributed by atoms with Crippen LogP contribution in [0.4, 0.5) is 38.2 Å². The Labute approximate surface area is 148 Å². The van der Waals surface area contributed by atoms with Crippen LogP contribution in [-0.2, 0) is 0 Å². The monoisotopic (exact) mass is 396 g/mol. The Kier molecular flexibility index (Phi) is 6.96. The third-order valence-corrected chi connectivity index (χ3v) is 3.17. The minimum atomic E-state index is -3.11. The number of hydrogen-bond acceptors (Lipinski definition) is 7. The van der Waals surface area contributed by atoms with Crippen molar-refractivity contribution in [1.82, 2.24) is 19.9 Å². The molecule has 2 unspecified atom stereocenters. The first-order valence-electron chi connectivity index (χ1n) is 7.47. The number of anilines is 2. The maximum absolute atomic E-state index is 12.7. The molecule has 0 aliphatic carbocycles. The third-order valence-electron chi connectivity index (χ3n) is 3.17. The molecule has 3 N–H and O–H groups in total. The molecular weight excluding hydrogens is 382 g/mol. The fourth-order valence-corrected chi connectivity index (χ4v) is 1.84. The highest BCUT2D eigenvalue weighted by atomic mass is 19.3. The topological polar surface area (TPSA) is 95.9 Å². The van der Waals surface area contributed by atoms with Gasteiger partial charge >= 0.3 is 0 Å². The van der Waals surface area contributed by atoms with Crippen LogP contribution in [0.2, 0.25) is 0 Å². The molecule has 0 fully saturated rings.